The van der Waals surface area contributed by atoms with Crippen LogP contribution in [0.5, 0.6) is 0 Å². The van der Waals surface area contributed by atoms with Gasteiger partial charge in [-0.15, -0.1) is 0 Å². The highest BCUT2D eigenvalue weighted by Gasteiger charge is 2.17. The van der Waals surface area contributed by atoms with E-state index in [9.17, 15) is 4.21 Å². The van der Waals surface area contributed by atoms with Crippen LogP contribution < -0.4 is 5.32 Å². The Morgan fingerprint density at radius 1 is 1.23 bits per heavy atom. The van der Waals surface area contributed by atoms with Crippen molar-refractivity contribution in [3.8, 4) is 0 Å². The predicted molar refractivity (Wildman–Crippen MR) is 89.6 cm³/mol. The summed E-state index contributed by atoms with van der Waals surface area (Å²) in [4.78, 5) is 0.861. The van der Waals surface area contributed by atoms with Crippen LogP contribution in [-0.4, -0.2) is 22.2 Å². The van der Waals surface area contributed by atoms with Crippen LogP contribution >= 0.6 is 0 Å². The van der Waals surface area contributed by atoms with Crippen LogP contribution in [0.25, 0.3) is 0 Å². The van der Waals surface area contributed by atoms with Crippen LogP contribution in [0.2, 0.25) is 0 Å². The topological polar surface area (TPSA) is 55.1 Å². The maximum Gasteiger partial charge on any atom is 0.137 e. The van der Waals surface area contributed by atoms with E-state index < -0.39 is 10.8 Å². The summed E-state index contributed by atoms with van der Waals surface area (Å²) in [5.74, 6) is 1.24. The third kappa shape index (κ3) is 3.84. The zero-order valence-electron chi connectivity index (χ0n) is 13.8. The molecule has 0 aliphatic heterocycles. The van der Waals surface area contributed by atoms with Crippen LogP contribution in [0.3, 0.4) is 0 Å². The minimum atomic E-state index is -0.925. The SMILES string of the molecule is Cc1noc(C)c1C(C)CNC(C)c1ccc(S(C)=O)cc1. The molecule has 4 nitrogen and oxygen atoms in total. The van der Waals surface area contributed by atoms with Crippen molar-refractivity contribution in [3.05, 3.63) is 46.8 Å². The molecule has 0 bridgehead atoms. The van der Waals surface area contributed by atoms with Gasteiger partial charge < -0.3 is 9.84 Å². The number of aryl methyl sites for hydroxylation is 2. The first-order chi connectivity index (χ1) is 10.4. The smallest absolute Gasteiger partial charge is 0.137 e. The number of aromatic nitrogens is 1. The van der Waals surface area contributed by atoms with E-state index in [1.165, 1.54) is 11.1 Å². The first-order valence-electron chi connectivity index (χ1n) is 7.49. The number of hydrogen-bond donors (Lipinski definition) is 1. The number of nitrogens with zero attached hydrogens (tertiary/aromatic N) is 1. The van der Waals surface area contributed by atoms with Crippen molar-refractivity contribution in [1.82, 2.24) is 10.5 Å². The van der Waals surface area contributed by atoms with Crippen molar-refractivity contribution < 1.29 is 8.73 Å². The van der Waals surface area contributed by atoms with E-state index in [-0.39, 0.29) is 6.04 Å². The molecular formula is C17H24N2O2S. The second-order valence-corrected chi connectivity index (χ2v) is 7.17. The molecule has 1 aromatic carbocycles. The average Bonchev–Trinajstić information content (AvgIpc) is 2.83. The van der Waals surface area contributed by atoms with Gasteiger partial charge in [0.1, 0.15) is 5.76 Å². The van der Waals surface area contributed by atoms with Crippen LogP contribution in [0, 0.1) is 13.8 Å². The molecule has 1 aromatic heterocycles. The summed E-state index contributed by atoms with van der Waals surface area (Å²) >= 11 is 0. The molecule has 0 radical (unpaired) electrons. The van der Waals surface area contributed by atoms with Gasteiger partial charge in [-0.05, 0) is 44.4 Å². The summed E-state index contributed by atoms with van der Waals surface area (Å²) in [6, 6.07) is 8.18. The number of nitrogens with one attached hydrogen (secondary N) is 1. The molecule has 0 fully saturated rings. The van der Waals surface area contributed by atoms with Crippen molar-refractivity contribution in [3.63, 3.8) is 0 Å². The third-order valence-corrected chi connectivity index (χ3v) is 4.96. The van der Waals surface area contributed by atoms with Crippen LogP contribution in [0.4, 0.5) is 0 Å². The van der Waals surface area contributed by atoms with Crippen molar-refractivity contribution >= 4 is 10.8 Å². The van der Waals surface area contributed by atoms with Gasteiger partial charge >= 0.3 is 0 Å². The Morgan fingerprint density at radius 3 is 2.36 bits per heavy atom. The fourth-order valence-electron chi connectivity index (χ4n) is 2.72. The monoisotopic (exact) mass is 320 g/mol. The third-order valence-electron chi connectivity index (χ3n) is 4.02. The lowest BCUT2D eigenvalue weighted by atomic mass is 9.98. The molecule has 0 saturated heterocycles. The molecule has 22 heavy (non-hydrogen) atoms. The molecule has 1 N–H and O–H groups in total. The molecule has 2 aromatic rings. The fourth-order valence-corrected chi connectivity index (χ4v) is 3.23. The molecule has 3 unspecified atom stereocenters. The number of benzene rings is 1. The van der Waals surface area contributed by atoms with E-state index >= 15 is 0 Å². The van der Waals surface area contributed by atoms with E-state index in [1.54, 1.807) is 6.26 Å². The Hall–Kier alpha value is -1.46. The Bertz CT molecular complexity index is 630. The predicted octanol–water partition coefficient (Wildman–Crippen LogP) is 3.48. The van der Waals surface area contributed by atoms with Gasteiger partial charge in [0.2, 0.25) is 0 Å². The minimum absolute atomic E-state index is 0.238. The highest BCUT2D eigenvalue weighted by atomic mass is 32.2. The molecule has 1 heterocycles. The van der Waals surface area contributed by atoms with E-state index in [4.69, 9.17) is 4.52 Å². The summed E-state index contributed by atoms with van der Waals surface area (Å²) in [5.41, 5.74) is 3.35. The molecule has 2 rings (SSSR count). The van der Waals surface area contributed by atoms with Gasteiger partial charge in [0, 0.05) is 40.1 Å². The molecular weight excluding hydrogens is 296 g/mol. The standard InChI is InChI=1S/C17H24N2O2S/c1-11(17-13(3)19-21-14(17)4)10-18-12(2)15-6-8-16(9-7-15)22(5)20/h6-9,11-12,18H,10H2,1-5H3. The summed E-state index contributed by atoms with van der Waals surface area (Å²) in [7, 11) is -0.925. The first kappa shape index (κ1) is 16.9. The highest BCUT2D eigenvalue weighted by molar-refractivity contribution is 7.84. The maximum absolute atomic E-state index is 11.4. The maximum atomic E-state index is 11.4. The van der Waals surface area contributed by atoms with Gasteiger partial charge in [0.05, 0.1) is 5.69 Å². The van der Waals surface area contributed by atoms with Gasteiger partial charge in [0.15, 0.2) is 0 Å². The lowest BCUT2D eigenvalue weighted by Crippen LogP contribution is -2.24. The molecule has 0 saturated carbocycles. The van der Waals surface area contributed by atoms with Crippen LogP contribution in [-0.2, 0) is 10.8 Å². The summed E-state index contributed by atoms with van der Waals surface area (Å²) in [6.07, 6.45) is 1.70. The summed E-state index contributed by atoms with van der Waals surface area (Å²) in [5, 5.41) is 7.56. The minimum Gasteiger partial charge on any atom is -0.361 e. The van der Waals surface area contributed by atoms with Crippen LogP contribution in [0.15, 0.2) is 33.7 Å². The van der Waals surface area contributed by atoms with Crippen molar-refractivity contribution in [2.75, 3.05) is 12.8 Å². The second-order valence-electron chi connectivity index (χ2n) is 5.79. The number of hydrogen-bond acceptors (Lipinski definition) is 4. The van der Waals surface area contributed by atoms with Gasteiger partial charge in [0.25, 0.3) is 0 Å². The lowest BCUT2D eigenvalue weighted by Gasteiger charge is -2.18. The van der Waals surface area contributed by atoms with E-state index in [2.05, 4.69) is 24.3 Å². The first-order valence-corrected chi connectivity index (χ1v) is 9.05. The zero-order chi connectivity index (χ0) is 16.3. The number of rotatable bonds is 6. The molecule has 0 amide bonds. The summed E-state index contributed by atoms with van der Waals surface area (Å²) < 4.78 is 16.7. The van der Waals surface area contributed by atoms with Crippen LogP contribution in [0.1, 0.15) is 48.4 Å². The molecule has 0 spiro atoms. The van der Waals surface area contributed by atoms with E-state index in [1.807, 2.05) is 38.1 Å². The molecule has 5 heteroatoms. The largest absolute Gasteiger partial charge is 0.361 e. The van der Waals surface area contributed by atoms with E-state index in [0.29, 0.717) is 5.92 Å². The fraction of sp³-hybridized carbons (Fsp3) is 0.471. The van der Waals surface area contributed by atoms with Gasteiger partial charge in [-0.3, -0.25) is 4.21 Å². The molecule has 120 valence electrons. The van der Waals surface area contributed by atoms with E-state index in [0.717, 1.165) is 22.9 Å². The average molecular weight is 320 g/mol. The second kappa shape index (κ2) is 7.20. The van der Waals surface area contributed by atoms with Gasteiger partial charge in [-0.1, -0.05) is 24.2 Å². The Kier molecular flexibility index (Phi) is 5.53. The molecule has 0 aliphatic rings. The highest BCUT2D eigenvalue weighted by Crippen LogP contribution is 2.23. The molecule has 0 aliphatic carbocycles. The van der Waals surface area contributed by atoms with Gasteiger partial charge in [-0.2, -0.15) is 0 Å². The Morgan fingerprint density at radius 2 is 1.86 bits per heavy atom. The normalized spacial score (nSPS) is 15.5. The van der Waals surface area contributed by atoms with Crippen molar-refractivity contribution in [1.29, 1.82) is 0 Å². The Balaban J connectivity index is 1.97. The lowest BCUT2D eigenvalue weighted by molar-refractivity contribution is 0.391. The van der Waals surface area contributed by atoms with Gasteiger partial charge in [-0.25, -0.2) is 0 Å². The Labute approximate surface area is 134 Å². The van der Waals surface area contributed by atoms with Crippen molar-refractivity contribution in [2.45, 2.75) is 44.6 Å². The summed E-state index contributed by atoms with van der Waals surface area (Å²) in [6.45, 7) is 9.10. The quantitative estimate of drug-likeness (QED) is 0.885. The zero-order valence-corrected chi connectivity index (χ0v) is 14.7. The van der Waals surface area contributed by atoms with Crippen molar-refractivity contribution in [2.24, 2.45) is 0 Å². The molecule has 3 atom stereocenters.